The average molecular weight is 315 g/mol. The van der Waals surface area contributed by atoms with E-state index in [0.717, 1.165) is 18.6 Å². The molecular formula is C13H15ClN2OS2. The molecule has 1 saturated heterocycles. The van der Waals surface area contributed by atoms with Crippen LogP contribution in [0.2, 0.25) is 5.02 Å². The summed E-state index contributed by atoms with van der Waals surface area (Å²) in [6.45, 7) is 1.97. The average Bonchev–Trinajstić information content (AvgIpc) is 2.80. The third-order valence-electron chi connectivity index (χ3n) is 3.20. The van der Waals surface area contributed by atoms with Gasteiger partial charge in [0.2, 0.25) is 5.91 Å². The molecule has 1 amide bonds. The van der Waals surface area contributed by atoms with E-state index in [1.54, 1.807) is 30.0 Å². The summed E-state index contributed by atoms with van der Waals surface area (Å²) in [5, 5.41) is 3.33. The van der Waals surface area contributed by atoms with Gasteiger partial charge in [-0.2, -0.15) is 0 Å². The third kappa shape index (κ3) is 3.22. The standard InChI is InChI=1S/C13H15ClN2OS2/c1-13(5-2-6-19-13)12(17)16-10-4-3-8(11(15)18)7-9(10)14/h3-4,7H,2,5-6H2,1H3,(H2,15,18)(H,16,17). The Balaban J connectivity index is 2.15. The fourth-order valence-electron chi connectivity index (χ4n) is 1.98. The van der Waals surface area contributed by atoms with Crippen LogP contribution in [0.4, 0.5) is 5.69 Å². The first kappa shape index (κ1) is 14.6. The lowest BCUT2D eigenvalue weighted by Gasteiger charge is -2.22. The fraction of sp³-hybridized carbons (Fsp3) is 0.385. The minimum atomic E-state index is -0.356. The van der Waals surface area contributed by atoms with E-state index < -0.39 is 0 Å². The number of carbonyl (C=O) groups is 1. The monoisotopic (exact) mass is 314 g/mol. The summed E-state index contributed by atoms with van der Waals surface area (Å²) in [5.41, 5.74) is 6.83. The molecule has 1 fully saturated rings. The van der Waals surface area contributed by atoms with Gasteiger partial charge in [-0.15, -0.1) is 11.8 Å². The molecule has 1 heterocycles. The number of nitrogens with two attached hydrogens (primary N) is 1. The zero-order chi connectivity index (χ0) is 14.0. The quantitative estimate of drug-likeness (QED) is 0.841. The smallest absolute Gasteiger partial charge is 0.240 e. The number of carbonyl (C=O) groups excluding carboxylic acids is 1. The molecule has 6 heteroatoms. The molecule has 0 spiro atoms. The van der Waals surface area contributed by atoms with Crippen LogP contribution >= 0.6 is 35.6 Å². The van der Waals surface area contributed by atoms with Crippen molar-refractivity contribution in [3.05, 3.63) is 28.8 Å². The number of halogens is 1. The molecule has 19 heavy (non-hydrogen) atoms. The molecule has 0 aromatic heterocycles. The van der Waals surface area contributed by atoms with E-state index in [1.165, 1.54) is 0 Å². The predicted octanol–water partition coefficient (Wildman–Crippen LogP) is 3.20. The Hall–Kier alpha value is -0.780. The van der Waals surface area contributed by atoms with Gasteiger partial charge in [-0.1, -0.05) is 23.8 Å². The molecule has 3 N–H and O–H groups in total. The lowest BCUT2D eigenvalue weighted by atomic mass is 10.0. The summed E-state index contributed by atoms with van der Waals surface area (Å²) >= 11 is 12.7. The van der Waals surface area contributed by atoms with Crippen molar-refractivity contribution >= 4 is 52.2 Å². The number of hydrogen-bond donors (Lipinski definition) is 2. The Labute approximate surface area is 127 Å². The van der Waals surface area contributed by atoms with Crippen LogP contribution in [-0.2, 0) is 4.79 Å². The Kier molecular flexibility index (Phi) is 4.38. The Morgan fingerprint density at radius 2 is 2.32 bits per heavy atom. The predicted molar refractivity (Wildman–Crippen MR) is 86.1 cm³/mol. The van der Waals surface area contributed by atoms with Crippen LogP contribution in [0.3, 0.4) is 0 Å². The summed E-state index contributed by atoms with van der Waals surface area (Å²) in [6, 6.07) is 5.16. The van der Waals surface area contributed by atoms with Crippen LogP contribution < -0.4 is 11.1 Å². The number of thiocarbonyl (C=S) groups is 1. The van der Waals surface area contributed by atoms with Gasteiger partial charge in [-0.05, 0) is 43.7 Å². The molecule has 1 aromatic carbocycles. The molecule has 0 radical (unpaired) electrons. The normalized spacial score (nSPS) is 22.2. The van der Waals surface area contributed by atoms with Gasteiger partial charge in [0.05, 0.1) is 15.5 Å². The Bertz CT molecular complexity index is 527. The van der Waals surface area contributed by atoms with Crippen molar-refractivity contribution in [2.75, 3.05) is 11.1 Å². The second kappa shape index (κ2) is 5.69. The van der Waals surface area contributed by atoms with Crippen LogP contribution in [-0.4, -0.2) is 21.4 Å². The van der Waals surface area contributed by atoms with Gasteiger partial charge in [0, 0.05) is 5.56 Å². The number of thioether (sulfide) groups is 1. The first-order valence-corrected chi connectivity index (χ1v) is 7.74. The summed E-state index contributed by atoms with van der Waals surface area (Å²) in [7, 11) is 0. The topological polar surface area (TPSA) is 55.1 Å². The molecule has 2 rings (SSSR count). The summed E-state index contributed by atoms with van der Waals surface area (Å²) < 4.78 is -0.356. The SMILES string of the molecule is CC1(C(=O)Nc2ccc(C(N)=S)cc2Cl)CCCS1. The van der Waals surface area contributed by atoms with E-state index in [4.69, 9.17) is 29.6 Å². The lowest BCUT2D eigenvalue weighted by Crippen LogP contribution is -2.34. The van der Waals surface area contributed by atoms with E-state index in [1.807, 2.05) is 6.92 Å². The third-order valence-corrected chi connectivity index (χ3v) is 5.27. The summed E-state index contributed by atoms with van der Waals surface area (Å²) in [6.07, 6.45) is 1.97. The molecule has 1 aliphatic rings. The largest absolute Gasteiger partial charge is 0.389 e. The van der Waals surface area contributed by atoms with Gasteiger partial charge in [0.25, 0.3) is 0 Å². The number of nitrogens with one attached hydrogen (secondary N) is 1. The van der Waals surface area contributed by atoms with Gasteiger partial charge in [0.15, 0.2) is 0 Å². The second-order valence-electron chi connectivity index (χ2n) is 4.70. The number of hydrogen-bond acceptors (Lipinski definition) is 3. The molecule has 1 aromatic rings. The van der Waals surface area contributed by atoms with Crippen LogP contribution in [0.25, 0.3) is 0 Å². The maximum atomic E-state index is 12.3. The van der Waals surface area contributed by atoms with E-state index in [9.17, 15) is 4.79 Å². The minimum absolute atomic E-state index is 0.0000231. The van der Waals surface area contributed by atoms with Crippen molar-refractivity contribution in [1.29, 1.82) is 0 Å². The maximum Gasteiger partial charge on any atom is 0.240 e. The lowest BCUT2D eigenvalue weighted by molar-refractivity contribution is -0.118. The molecule has 0 bridgehead atoms. The van der Waals surface area contributed by atoms with Gasteiger partial charge in [-0.25, -0.2) is 0 Å². The van der Waals surface area contributed by atoms with Crippen LogP contribution in [0, 0.1) is 0 Å². The van der Waals surface area contributed by atoms with Gasteiger partial charge in [0.1, 0.15) is 4.99 Å². The summed E-state index contributed by atoms with van der Waals surface area (Å²) in [5.74, 6) is 1.03. The first-order valence-electron chi connectivity index (χ1n) is 5.97. The number of amides is 1. The molecule has 102 valence electrons. The van der Waals surface area contributed by atoms with E-state index in [0.29, 0.717) is 16.3 Å². The highest BCUT2D eigenvalue weighted by Gasteiger charge is 2.37. The zero-order valence-electron chi connectivity index (χ0n) is 10.5. The van der Waals surface area contributed by atoms with Gasteiger partial charge < -0.3 is 11.1 Å². The Morgan fingerprint density at radius 1 is 1.58 bits per heavy atom. The van der Waals surface area contributed by atoms with E-state index in [2.05, 4.69) is 5.32 Å². The van der Waals surface area contributed by atoms with Crippen molar-refractivity contribution in [1.82, 2.24) is 0 Å². The molecule has 3 nitrogen and oxygen atoms in total. The second-order valence-corrected chi connectivity index (χ2v) is 7.14. The fourth-order valence-corrected chi connectivity index (χ4v) is 3.55. The number of anilines is 1. The highest BCUT2D eigenvalue weighted by Crippen LogP contribution is 2.39. The molecule has 0 aliphatic carbocycles. The van der Waals surface area contributed by atoms with E-state index in [-0.39, 0.29) is 15.6 Å². The molecular weight excluding hydrogens is 300 g/mol. The van der Waals surface area contributed by atoms with Gasteiger partial charge in [-0.3, -0.25) is 4.79 Å². The highest BCUT2D eigenvalue weighted by atomic mass is 35.5. The molecule has 1 unspecified atom stereocenters. The van der Waals surface area contributed by atoms with Crippen molar-refractivity contribution in [3.8, 4) is 0 Å². The van der Waals surface area contributed by atoms with Crippen molar-refractivity contribution in [2.45, 2.75) is 24.5 Å². The van der Waals surface area contributed by atoms with Gasteiger partial charge >= 0.3 is 0 Å². The van der Waals surface area contributed by atoms with E-state index >= 15 is 0 Å². The van der Waals surface area contributed by atoms with Crippen molar-refractivity contribution in [2.24, 2.45) is 5.73 Å². The summed E-state index contributed by atoms with van der Waals surface area (Å²) in [4.78, 5) is 12.6. The molecule has 1 aliphatic heterocycles. The van der Waals surface area contributed by atoms with Crippen molar-refractivity contribution in [3.63, 3.8) is 0 Å². The first-order chi connectivity index (χ1) is 8.92. The maximum absolute atomic E-state index is 12.3. The molecule has 0 saturated carbocycles. The highest BCUT2D eigenvalue weighted by molar-refractivity contribution is 8.01. The van der Waals surface area contributed by atoms with Crippen LogP contribution in [0.5, 0.6) is 0 Å². The Morgan fingerprint density at radius 3 is 2.84 bits per heavy atom. The molecule has 1 atom stereocenters. The zero-order valence-corrected chi connectivity index (χ0v) is 12.9. The van der Waals surface area contributed by atoms with Crippen LogP contribution in [0.15, 0.2) is 18.2 Å². The van der Waals surface area contributed by atoms with Crippen LogP contribution in [0.1, 0.15) is 25.3 Å². The number of benzene rings is 1. The number of rotatable bonds is 3. The minimum Gasteiger partial charge on any atom is -0.389 e. The van der Waals surface area contributed by atoms with Crippen molar-refractivity contribution < 1.29 is 4.79 Å².